The van der Waals surface area contributed by atoms with Crippen LogP contribution in [0.15, 0.2) is 30.3 Å². The van der Waals surface area contributed by atoms with Crippen molar-refractivity contribution in [2.45, 2.75) is 26.5 Å². The highest BCUT2D eigenvalue weighted by atomic mass is 16.5. The number of likely N-dealkylation sites (tertiary alicyclic amines) is 1. The summed E-state index contributed by atoms with van der Waals surface area (Å²) in [5.74, 6) is 0.242. The monoisotopic (exact) mass is 233 g/mol. The Morgan fingerprint density at radius 3 is 2.71 bits per heavy atom. The summed E-state index contributed by atoms with van der Waals surface area (Å²) >= 11 is 0. The summed E-state index contributed by atoms with van der Waals surface area (Å²) < 4.78 is 5.31. The van der Waals surface area contributed by atoms with Gasteiger partial charge in [-0.05, 0) is 5.56 Å². The summed E-state index contributed by atoms with van der Waals surface area (Å²) in [7, 11) is 0. The number of carbonyl (C=O) groups is 1. The molecule has 0 aliphatic carbocycles. The van der Waals surface area contributed by atoms with Crippen LogP contribution in [0.25, 0.3) is 0 Å². The van der Waals surface area contributed by atoms with Crippen LogP contribution in [0.4, 0.5) is 0 Å². The van der Waals surface area contributed by atoms with Crippen LogP contribution >= 0.6 is 0 Å². The largest absolute Gasteiger partial charge is 0.461 e. The second-order valence-electron chi connectivity index (χ2n) is 4.80. The molecule has 2 atom stereocenters. The zero-order chi connectivity index (χ0) is 12.3. The first-order valence-electron chi connectivity index (χ1n) is 6.08. The standard InChI is InChI=1S/C14H19NO2/c1-11-8-15(10-14(11)17-12(2)16)9-13-6-4-3-5-7-13/h3-7,11,14H,8-10H2,1-2H3/t11-,14-/m1/s1. The molecule has 0 spiro atoms. The highest BCUT2D eigenvalue weighted by Gasteiger charge is 2.31. The van der Waals surface area contributed by atoms with Gasteiger partial charge < -0.3 is 4.74 Å². The van der Waals surface area contributed by atoms with Gasteiger partial charge in [-0.2, -0.15) is 0 Å². The van der Waals surface area contributed by atoms with Crippen molar-refractivity contribution in [3.8, 4) is 0 Å². The summed E-state index contributed by atoms with van der Waals surface area (Å²) in [6, 6.07) is 10.4. The molecule has 0 radical (unpaired) electrons. The first-order chi connectivity index (χ1) is 8.15. The first kappa shape index (κ1) is 12.1. The molecule has 1 aliphatic heterocycles. The molecule has 1 aromatic rings. The Bertz CT molecular complexity index is 377. The van der Waals surface area contributed by atoms with Gasteiger partial charge >= 0.3 is 5.97 Å². The third-order valence-corrected chi connectivity index (χ3v) is 3.19. The van der Waals surface area contributed by atoms with Crippen LogP contribution in [0.2, 0.25) is 0 Å². The summed E-state index contributed by atoms with van der Waals surface area (Å²) in [5.41, 5.74) is 1.31. The molecular formula is C14H19NO2. The maximum absolute atomic E-state index is 11.0. The van der Waals surface area contributed by atoms with E-state index in [1.807, 2.05) is 6.07 Å². The quantitative estimate of drug-likeness (QED) is 0.748. The topological polar surface area (TPSA) is 29.5 Å². The van der Waals surface area contributed by atoms with Crippen molar-refractivity contribution >= 4 is 5.97 Å². The Balaban J connectivity index is 1.91. The Labute approximate surface area is 102 Å². The molecule has 3 nitrogen and oxygen atoms in total. The minimum absolute atomic E-state index is 0.0520. The number of nitrogens with zero attached hydrogens (tertiary/aromatic N) is 1. The second-order valence-corrected chi connectivity index (χ2v) is 4.80. The molecule has 17 heavy (non-hydrogen) atoms. The average Bonchev–Trinajstić information content (AvgIpc) is 2.59. The van der Waals surface area contributed by atoms with Gasteiger partial charge in [0.15, 0.2) is 0 Å². The summed E-state index contributed by atoms with van der Waals surface area (Å²) in [6.07, 6.45) is 0.0520. The van der Waals surface area contributed by atoms with Gasteiger partial charge in [0.2, 0.25) is 0 Å². The molecule has 0 N–H and O–H groups in total. The van der Waals surface area contributed by atoms with Crippen molar-refractivity contribution in [1.29, 1.82) is 0 Å². The van der Waals surface area contributed by atoms with Crippen LogP contribution in [-0.4, -0.2) is 30.1 Å². The molecule has 0 unspecified atom stereocenters. The fraction of sp³-hybridized carbons (Fsp3) is 0.500. The average molecular weight is 233 g/mol. The van der Waals surface area contributed by atoms with E-state index >= 15 is 0 Å². The SMILES string of the molecule is CC(=O)O[C@@H]1CN(Cc2ccccc2)C[C@H]1C. The summed E-state index contributed by atoms with van der Waals surface area (Å²) in [6.45, 7) is 6.39. The first-order valence-corrected chi connectivity index (χ1v) is 6.08. The van der Waals surface area contributed by atoms with Gasteiger partial charge in [0.05, 0.1) is 0 Å². The van der Waals surface area contributed by atoms with E-state index < -0.39 is 0 Å². The van der Waals surface area contributed by atoms with E-state index in [0.29, 0.717) is 5.92 Å². The van der Waals surface area contributed by atoms with Crippen LogP contribution in [0.1, 0.15) is 19.4 Å². The van der Waals surface area contributed by atoms with Crippen LogP contribution in [-0.2, 0) is 16.1 Å². The number of hydrogen-bond donors (Lipinski definition) is 0. The van der Waals surface area contributed by atoms with Crippen LogP contribution in [0.5, 0.6) is 0 Å². The van der Waals surface area contributed by atoms with Crippen molar-refractivity contribution in [3.05, 3.63) is 35.9 Å². The molecule has 1 fully saturated rings. The maximum atomic E-state index is 11.0. The number of carbonyl (C=O) groups excluding carboxylic acids is 1. The number of hydrogen-bond acceptors (Lipinski definition) is 3. The Kier molecular flexibility index (Phi) is 3.79. The van der Waals surface area contributed by atoms with E-state index in [4.69, 9.17) is 4.74 Å². The van der Waals surface area contributed by atoms with Crippen LogP contribution < -0.4 is 0 Å². The van der Waals surface area contributed by atoms with Crippen molar-refractivity contribution in [2.24, 2.45) is 5.92 Å². The van der Waals surface area contributed by atoms with E-state index in [9.17, 15) is 4.79 Å². The lowest BCUT2D eigenvalue weighted by molar-refractivity contribution is -0.147. The van der Waals surface area contributed by atoms with E-state index in [-0.39, 0.29) is 12.1 Å². The molecule has 92 valence electrons. The molecular weight excluding hydrogens is 214 g/mol. The minimum atomic E-state index is -0.177. The predicted octanol–water partition coefficient (Wildman–Crippen LogP) is 2.07. The highest BCUT2D eigenvalue weighted by Crippen LogP contribution is 2.21. The van der Waals surface area contributed by atoms with Crippen molar-refractivity contribution in [2.75, 3.05) is 13.1 Å². The van der Waals surface area contributed by atoms with Gasteiger partial charge in [-0.1, -0.05) is 37.3 Å². The smallest absolute Gasteiger partial charge is 0.302 e. The van der Waals surface area contributed by atoms with Gasteiger partial charge in [-0.3, -0.25) is 9.69 Å². The normalized spacial score (nSPS) is 24.8. The van der Waals surface area contributed by atoms with Crippen LogP contribution in [0.3, 0.4) is 0 Å². The number of rotatable bonds is 3. The van der Waals surface area contributed by atoms with Gasteiger partial charge in [-0.25, -0.2) is 0 Å². The Hall–Kier alpha value is -1.35. The lowest BCUT2D eigenvalue weighted by atomic mass is 10.1. The molecule has 0 amide bonds. The van der Waals surface area contributed by atoms with E-state index in [1.165, 1.54) is 12.5 Å². The molecule has 1 heterocycles. The number of ether oxygens (including phenoxy) is 1. The molecule has 0 saturated carbocycles. The second kappa shape index (κ2) is 5.32. The van der Waals surface area contributed by atoms with Crippen molar-refractivity contribution in [3.63, 3.8) is 0 Å². The molecule has 1 aromatic carbocycles. The third kappa shape index (κ3) is 3.30. The maximum Gasteiger partial charge on any atom is 0.302 e. The van der Waals surface area contributed by atoms with Gasteiger partial charge in [0.1, 0.15) is 6.10 Å². The number of benzene rings is 1. The molecule has 0 aromatic heterocycles. The van der Waals surface area contributed by atoms with Gasteiger partial charge in [0.25, 0.3) is 0 Å². The van der Waals surface area contributed by atoms with Crippen LogP contribution in [0, 0.1) is 5.92 Å². The molecule has 2 rings (SSSR count). The van der Waals surface area contributed by atoms with E-state index in [2.05, 4.69) is 36.1 Å². The van der Waals surface area contributed by atoms with Gasteiger partial charge in [0, 0.05) is 32.5 Å². The lowest BCUT2D eigenvalue weighted by Crippen LogP contribution is -2.25. The molecule has 0 bridgehead atoms. The van der Waals surface area contributed by atoms with Gasteiger partial charge in [-0.15, -0.1) is 0 Å². The van der Waals surface area contributed by atoms with Crippen molar-refractivity contribution in [1.82, 2.24) is 4.90 Å². The third-order valence-electron chi connectivity index (χ3n) is 3.19. The Morgan fingerprint density at radius 1 is 1.35 bits per heavy atom. The lowest BCUT2D eigenvalue weighted by Gasteiger charge is -2.15. The zero-order valence-corrected chi connectivity index (χ0v) is 10.4. The zero-order valence-electron chi connectivity index (χ0n) is 10.4. The number of esters is 1. The Morgan fingerprint density at radius 2 is 2.06 bits per heavy atom. The van der Waals surface area contributed by atoms with E-state index in [0.717, 1.165) is 19.6 Å². The summed E-state index contributed by atoms with van der Waals surface area (Å²) in [5, 5.41) is 0. The summed E-state index contributed by atoms with van der Waals surface area (Å²) in [4.78, 5) is 13.3. The molecule has 3 heteroatoms. The molecule has 1 saturated heterocycles. The minimum Gasteiger partial charge on any atom is -0.461 e. The van der Waals surface area contributed by atoms with E-state index in [1.54, 1.807) is 0 Å². The fourth-order valence-electron chi connectivity index (χ4n) is 2.37. The highest BCUT2D eigenvalue weighted by molar-refractivity contribution is 5.66. The predicted molar refractivity (Wildman–Crippen MR) is 66.4 cm³/mol. The fourth-order valence-corrected chi connectivity index (χ4v) is 2.37. The molecule has 1 aliphatic rings. The van der Waals surface area contributed by atoms with Crippen molar-refractivity contribution < 1.29 is 9.53 Å².